The van der Waals surface area contributed by atoms with E-state index in [1.807, 2.05) is 0 Å². The van der Waals surface area contributed by atoms with Gasteiger partial charge in [0.05, 0.1) is 10.2 Å². The maximum Gasteiger partial charge on any atom is 0.159 e. The number of fused-ring (bicyclic) bond motifs is 1. The summed E-state index contributed by atoms with van der Waals surface area (Å²) in [6.45, 7) is 6.65. The van der Waals surface area contributed by atoms with Crippen LogP contribution < -0.4 is 0 Å². The summed E-state index contributed by atoms with van der Waals surface area (Å²) in [5.41, 5.74) is 2.70. The minimum atomic E-state index is 0.200. The summed E-state index contributed by atoms with van der Waals surface area (Å²) in [4.78, 5) is 3.20. The van der Waals surface area contributed by atoms with Gasteiger partial charge in [-0.05, 0) is 35.3 Å². The molecule has 1 aromatic heterocycles. The highest BCUT2D eigenvalue weighted by Crippen LogP contribution is 2.27. The number of aromatic amines is 1. The van der Waals surface area contributed by atoms with Crippen molar-refractivity contribution in [1.29, 1.82) is 0 Å². The molecule has 0 atom stereocenters. The van der Waals surface area contributed by atoms with Gasteiger partial charge in [0, 0.05) is 0 Å². The fourth-order valence-electron chi connectivity index (χ4n) is 1.42. The van der Waals surface area contributed by atoms with Crippen LogP contribution in [0.5, 0.6) is 0 Å². The molecule has 1 aromatic carbocycles. The topological polar surface area (TPSA) is 15.8 Å². The van der Waals surface area contributed by atoms with Crippen LogP contribution in [0.4, 0.5) is 0 Å². The van der Waals surface area contributed by atoms with Gasteiger partial charge in [0.15, 0.2) is 3.95 Å². The third-order valence-electron chi connectivity index (χ3n) is 2.28. The van der Waals surface area contributed by atoms with Gasteiger partial charge in [-0.25, -0.2) is 0 Å². The van der Waals surface area contributed by atoms with Crippen molar-refractivity contribution >= 4 is 33.8 Å². The molecule has 0 saturated carbocycles. The molecule has 0 aliphatic carbocycles. The molecule has 1 nitrogen and oxygen atoms in total. The van der Waals surface area contributed by atoms with Crippen molar-refractivity contribution in [1.82, 2.24) is 4.98 Å². The largest absolute Gasteiger partial charge is 0.337 e. The van der Waals surface area contributed by atoms with E-state index < -0.39 is 0 Å². The molecule has 1 N–H and O–H groups in total. The second kappa shape index (κ2) is 3.17. The van der Waals surface area contributed by atoms with Crippen LogP contribution in [0.3, 0.4) is 0 Å². The second-order valence-corrected chi connectivity index (χ2v) is 6.19. The number of hydrogen-bond donors (Lipinski definition) is 1. The van der Waals surface area contributed by atoms with Crippen LogP contribution in [-0.4, -0.2) is 4.98 Å². The van der Waals surface area contributed by atoms with E-state index in [2.05, 4.69) is 44.0 Å². The third kappa shape index (κ3) is 1.74. The second-order valence-electron chi connectivity index (χ2n) is 4.48. The summed E-state index contributed by atoms with van der Waals surface area (Å²) in [7, 11) is 0. The summed E-state index contributed by atoms with van der Waals surface area (Å²) in [6.07, 6.45) is 0. The lowest BCUT2D eigenvalue weighted by molar-refractivity contribution is 0.591. The van der Waals surface area contributed by atoms with Crippen molar-refractivity contribution in [2.24, 2.45) is 0 Å². The molecule has 2 aromatic rings. The quantitative estimate of drug-likeness (QED) is 0.660. The maximum absolute atomic E-state index is 5.11. The molecule has 1 heterocycles. The van der Waals surface area contributed by atoms with Gasteiger partial charge in [-0.15, -0.1) is 11.3 Å². The van der Waals surface area contributed by atoms with Crippen LogP contribution >= 0.6 is 23.6 Å². The molecule has 0 bridgehead atoms. The lowest BCUT2D eigenvalue weighted by atomic mass is 9.87. The van der Waals surface area contributed by atoms with Gasteiger partial charge in [0.1, 0.15) is 0 Å². The molecule has 14 heavy (non-hydrogen) atoms. The zero-order valence-electron chi connectivity index (χ0n) is 8.55. The molecular weight excluding hydrogens is 210 g/mol. The van der Waals surface area contributed by atoms with Crippen molar-refractivity contribution in [3.8, 4) is 0 Å². The van der Waals surface area contributed by atoms with E-state index in [0.29, 0.717) is 0 Å². The van der Waals surface area contributed by atoms with Crippen molar-refractivity contribution in [2.75, 3.05) is 0 Å². The van der Waals surface area contributed by atoms with E-state index in [1.165, 1.54) is 10.3 Å². The summed E-state index contributed by atoms with van der Waals surface area (Å²) < 4.78 is 2.09. The Labute approximate surface area is 92.8 Å². The first-order valence-corrected chi connectivity index (χ1v) is 5.83. The van der Waals surface area contributed by atoms with Gasteiger partial charge in [0.25, 0.3) is 0 Å². The Kier molecular flexibility index (Phi) is 2.24. The molecule has 0 aliphatic rings. The van der Waals surface area contributed by atoms with Crippen LogP contribution in [0.25, 0.3) is 10.2 Å². The smallest absolute Gasteiger partial charge is 0.159 e. The molecule has 0 unspecified atom stereocenters. The Morgan fingerprint density at radius 2 is 2.00 bits per heavy atom. The minimum Gasteiger partial charge on any atom is -0.337 e. The first-order valence-electron chi connectivity index (χ1n) is 4.60. The number of nitrogens with one attached hydrogen (secondary N) is 1. The van der Waals surface area contributed by atoms with Crippen LogP contribution in [0.1, 0.15) is 26.3 Å². The number of H-pyrrole nitrogens is 1. The Morgan fingerprint density at radius 1 is 1.29 bits per heavy atom. The van der Waals surface area contributed by atoms with Crippen LogP contribution in [0.2, 0.25) is 0 Å². The first-order chi connectivity index (χ1) is 6.47. The molecule has 0 amide bonds. The fraction of sp³-hybridized carbons (Fsp3) is 0.364. The molecule has 0 spiro atoms. The van der Waals surface area contributed by atoms with Crippen molar-refractivity contribution in [3.63, 3.8) is 0 Å². The number of benzene rings is 1. The van der Waals surface area contributed by atoms with E-state index in [-0.39, 0.29) is 5.41 Å². The average Bonchev–Trinajstić information content (AvgIpc) is 2.41. The molecule has 0 radical (unpaired) electrons. The Bertz CT molecular complexity index is 514. The van der Waals surface area contributed by atoms with Gasteiger partial charge in [-0.1, -0.05) is 26.8 Å². The fourth-order valence-corrected chi connectivity index (χ4v) is 2.51. The third-order valence-corrected chi connectivity index (χ3v) is 3.50. The van der Waals surface area contributed by atoms with Gasteiger partial charge < -0.3 is 4.98 Å². The van der Waals surface area contributed by atoms with E-state index in [9.17, 15) is 0 Å². The normalized spacial score (nSPS) is 12.2. The molecule has 0 saturated heterocycles. The van der Waals surface area contributed by atoms with Gasteiger partial charge in [-0.2, -0.15) is 0 Å². The predicted octanol–water partition coefficient (Wildman–Crippen LogP) is 4.26. The lowest BCUT2D eigenvalue weighted by Crippen LogP contribution is -2.10. The zero-order valence-corrected chi connectivity index (χ0v) is 10.2. The average molecular weight is 223 g/mol. The van der Waals surface area contributed by atoms with Crippen molar-refractivity contribution in [3.05, 3.63) is 27.7 Å². The van der Waals surface area contributed by atoms with E-state index in [4.69, 9.17) is 12.2 Å². The highest BCUT2D eigenvalue weighted by molar-refractivity contribution is 7.73. The molecular formula is C11H13NS2. The highest BCUT2D eigenvalue weighted by Gasteiger charge is 2.13. The standard InChI is InChI=1S/C11H13NS2/c1-11(2,3)7-4-5-9-8(6-7)12-10(13)14-9/h4-6H,1-3H3,(H,12,13). The lowest BCUT2D eigenvalue weighted by Gasteiger charge is -2.18. The minimum absolute atomic E-state index is 0.200. The summed E-state index contributed by atoms with van der Waals surface area (Å²) in [5.74, 6) is 0. The predicted molar refractivity (Wildman–Crippen MR) is 65.7 cm³/mol. The summed E-state index contributed by atoms with van der Waals surface area (Å²) >= 11 is 6.74. The number of hydrogen-bond acceptors (Lipinski definition) is 2. The van der Waals surface area contributed by atoms with Crippen LogP contribution in [0.15, 0.2) is 18.2 Å². The van der Waals surface area contributed by atoms with Crippen LogP contribution in [-0.2, 0) is 5.41 Å². The van der Waals surface area contributed by atoms with Crippen molar-refractivity contribution in [2.45, 2.75) is 26.2 Å². The van der Waals surface area contributed by atoms with Crippen molar-refractivity contribution < 1.29 is 0 Å². The molecule has 74 valence electrons. The van der Waals surface area contributed by atoms with Gasteiger partial charge in [0.2, 0.25) is 0 Å². The van der Waals surface area contributed by atoms with E-state index >= 15 is 0 Å². The first kappa shape index (κ1) is 9.87. The molecule has 3 heteroatoms. The zero-order chi connectivity index (χ0) is 10.3. The molecule has 0 fully saturated rings. The maximum atomic E-state index is 5.11. The Morgan fingerprint density at radius 3 is 2.64 bits per heavy atom. The number of thiazole rings is 1. The van der Waals surface area contributed by atoms with E-state index in [0.717, 1.165) is 9.47 Å². The summed E-state index contributed by atoms with van der Waals surface area (Å²) in [6, 6.07) is 6.52. The van der Waals surface area contributed by atoms with Gasteiger partial charge >= 0.3 is 0 Å². The van der Waals surface area contributed by atoms with E-state index in [1.54, 1.807) is 11.3 Å². The SMILES string of the molecule is CC(C)(C)c1ccc2sc(=S)[nH]c2c1. The van der Waals surface area contributed by atoms with Gasteiger partial charge in [-0.3, -0.25) is 0 Å². The highest BCUT2D eigenvalue weighted by atomic mass is 32.1. The monoisotopic (exact) mass is 223 g/mol. The molecule has 0 aliphatic heterocycles. The molecule has 2 rings (SSSR count). The van der Waals surface area contributed by atoms with Crippen LogP contribution in [0, 0.1) is 3.95 Å². The Hall–Kier alpha value is -0.670. The summed E-state index contributed by atoms with van der Waals surface area (Å²) in [5, 5.41) is 0. The number of rotatable bonds is 0. The Balaban J connectivity index is 2.67. The number of aromatic nitrogens is 1.